The highest BCUT2D eigenvalue weighted by atomic mass is 16.1. The lowest BCUT2D eigenvalue weighted by atomic mass is 10.4. The van der Waals surface area contributed by atoms with Crippen LogP contribution in [0.2, 0.25) is 0 Å². The van der Waals surface area contributed by atoms with Gasteiger partial charge in [-0.2, -0.15) is 0 Å². The average Bonchev–Trinajstić information content (AvgIpc) is 2.63. The van der Waals surface area contributed by atoms with Gasteiger partial charge in [-0.15, -0.1) is 0 Å². The van der Waals surface area contributed by atoms with E-state index in [4.69, 9.17) is 0 Å². The Kier molecular flexibility index (Phi) is 1.66. The molecule has 4 heteroatoms. The molecule has 0 saturated heterocycles. The number of aromatic nitrogens is 3. The van der Waals surface area contributed by atoms with Crippen molar-refractivity contribution >= 4 is 12.7 Å². The number of aromatic amines is 3. The van der Waals surface area contributed by atoms with Crippen molar-refractivity contribution in [2.45, 2.75) is 0 Å². The molecule has 66 valence electrons. The van der Waals surface area contributed by atoms with Crippen LogP contribution >= 0.6 is 0 Å². The highest BCUT2D eigenvalue weighted by Crippen LogP contribution is 1.92. The molecule has 0 aliphatic rings. The third-order valence-electron chi connectivity index (χ3n) is 1.72. The zero-order chi connectivity index (χ0) is 9.26. The van der Waals surface area contributed by atoms with E-state index >= 15 is 0 Å². The fraction of sp³-hybridized carbons (Fsp3) is 0. The van der Waals surface area contributed by atoms with Gasteiger partial charge in [0.05, 0.1) is 0 Å². The summed E-state index contributed by atoms with van der Waals surface area (Å²) in [4.78, 5) is 19.5. The van der Waals surface area contributed by atoms with Crippen molar-refractivity contribution in [1.82, 2.24) is 15.0 Å². The van der Waals surface area contributed by atoms with Gasteiger partial charge >= 0.3 is 0 Å². The van der Waals surface area contributed by atoms with Crippen LogP contribution in [0.15, 0.2) is 23.1 Å². The molecule has 0 saturated carbocycles. The van der Waals surface area contributed by atoms with Crippen LogP contribution in [-0.4, -0.2) is 15.0 Å². The normalized spacial score (nSPS) is 12.2. The molecular weight excluding hydrogens is 166 g/mol. The first kappa shape index (κ1) is 7.67. The molecule has 2 aromatic rings. The van der Waals surface area contributed by atoms with Gasteiger partial charge in [0.15, 0.2) is 0 Å². The van der Waals surface area contributed by atoms with Crippen LogP contribution in [0.25, 0.3) is 12.7 Å². The van der Waals surface area contributed by atoms with Gasteiger partial charge in [-0.3, -0.25) is 4.79 Å². The second-order valence-electron chi connectivity index (χ2n) is 2.74. The zero-order valence-corrected chi connectivity index (χ0v) is 6.92. The third-order valence-corrected chi connectivity index (χ3v) is 1.72. The smallest absolute Gasteiger partial charge is 0.273 e. The molecule has 0 aliphatic heterocycles. The minimum Gasteiger partial charge on any atom is -0.362 e. The fourth-order valence-electron chi connectivity index (χ4n) is 1.15. The van der Waals surface area contributed by atoms with Crippen LogP contribution in [0.4, 0.5) is 0 Å². The van der Waals surface area contributed by atoms with E-state index < -0.39 is 0 Å². The van der Waals surface area contributed by atoms with E-state index in [1.165, 1.54) is 0 Å². The summed E-state index contributed by atoms with van der Waals surface area (Å²) >= 11 is 0. The van der Waals surface area contributed by atoms with Crippen LogP contribution in [0, 0.1) is 0 Å². The lowest BCUT2D eigenvalue weighted by Gasteiger charge is -1.80. The Labute approximate surface area is 73.6 Å². The van der Waals surface area contributed by atoms with E-state index in [1.54, 1.807) is 12.3 Å². The van der Waals surface area contributed by atoms with E-state index in [0.29, 0.717) is 10.8 Å². The lowest BCUT2D eigenvalue weighted by molar-refractivity contribution is 1.19. The van der Waals surface area contributed by atoms with Crippen molar-refractivity contribution in [3.63, 3.8) is 0 Å². The fourth-order valence-corrected chi connectivity index (χ4v) is 1.15. The zero-order valence-electron chi connectivity index (χ0n) is 6.92. The summed E-state index contributed by atoms with van der Waals surface area (Å²) in [6.07, 6.45) is 3.53. The summed E-state index contributed by atoms with van der Waals surface area (Å²) in [5, 5.41) is 0.507. The van der Waals surface area contributed by atoms with Crippen molar-refractivity contribution in [3.05, 3.63) is 45.2 Å². The molecule has 0 radical (unpaired) electrons. The van der Waals surface area contributed by atoms with Crippen LogP contribution in [-0.2, 0) is 0 Å². The maximum Gasteiger partial charge on any atom is 0.273 e. The molecular formula is C9H9N3O. The van der Waals surface area contributed by atoms with Gasteiger partial charge in [-0.1, -0.05) is 6.58 Å². The molecule has 0 fully saturated rings. The standard InChI is InChI=1S/C9H9N3O/c1-6-11-8(9(13)12-6)5-7-3-2-4-10-7/h2-5,10-11H,1H2,(H,12,13)/b8-5-. The Morgan fingerprint density at radius 2 is 2.23 bits per heavy atom. The Balaban J connectivity index is 2.64. The number of rotatable bonds is 1. The van der Waals surface area contributed by atoms with Crippen LogP contribution in [0.5, 0.6) is 0 Å². The predicted molar refractivity (Wildman–Crippen MR) is 50.5 cm³/mol. The summed E-state index contributed by atoms with van der Waals surface area (Å²) in [7, 11) is 0. The number of imidazole rings is 1. The number of nitrogens with one attached hydrogen (secondary N) is 3. The summed E-state index contributed by atoms with van der Waals surface area (Å²) < 4.78 is 0. The second kappa shape index (κ2) is 2.82. The molecule has 0 amide bonds. The Morgan fingerprint density at radius 1 is 1.38 bits per heavy atom. The Hall–Kier alpha value is -1.97. The average molecular weight is 175 g/mol. The van der Waals surface area contributed by atoms with E-state index in [-0.39, 0.29) is 5.56 Å². The molecule has 13 heavy (non-hydrogen) atoms. The van der Waals surface area contributed by atoms with Gasteiger partial charge in [-0.05, 0) is 18.2 Å². The second-order valence-corrected chi connectivity index (χ2v) is 2.74. The SMILES string of the molecule is C=c1[nH]c(=O)/c(=C/c2ccc[nH]2)[nH]1. The molecule has 2 aromatic heterocycles. The van der Waals surface area contributed by atoms with Crippen LogP contribution in [0.3, 0.4) is 0 Å². The molecule has 3 N–H and O–H groups in total. The van der Waals surface area contributed by atoms with Crippen molar-refractivity contribution in [1.29, 1.82) is 0 Å². The summed E-state index contributed by atoms with van der Waals surface area (Å²) in [5.74, 6) is 0. The van der Waals surface area contributed by atoms with E-state index in [0.717, 1.165) is 5.69 Å². The van der Waals surface area contributed by atoms with Crippen molar-refractivity contribution in [2.75, 3.05) is 0 Å². The lowest BCUT2D eigenvalue weighted by Crippen LogP contribution is -2.22. The molecule has 0 spiro atoms. The highest BCUT2D eigenvalue weighted by Gasteiger charge is 1.91. The van der Waals surface area contributed by atoms with E-state index in [9.17, 15) is 4.79 Å². The van der Waals surface area contributed by atoms with Crippen LogP contribution in [0.1, 0.15) is 5.69 Å². The van der Waals surface area contributed by atoms with E-state index in [1.807, 2.05) is 12.1 Å². The highest BCUT2D eigenvalue weighted by molar-refractivity contribution is 5.42. The first-order valence-electron chi connectivity index (χ1n) is 3.88. The van der Waals surface area contributed by atoms with Gasteiger partial charge in [0.2, 0.25) is 0 Å². The Bertz CT molecular complexity index is 544. The maximum absolute atomic E-state index is 11.2. The molecule has 0 bridgehead atoms. The monoisotopic (exact) mass is 175 g/mol. The molecule has 2 rings (SSSR count). The largest absolute Gasteiger partial charge is 0.362 e. The number of H-pyrrole nitrogens is 3. The molecule has 4 nitrogen and oxygen atoms in total. The first-order chi connectivity index (χ1) is 6.25. The molecule has 0 aromatic carbocycles. The van der Waals surface area contributed by atoms with Gasteiger partial charge in [0.25, 0.3) is 5.56 Å². The molecule has 0 unspecified atom stereocenters. The molecule has 2 heterocycles. The van der Waals surface area contributed by atoms with Gasteiger partial charge in [-0.25, -0.2) is 0 Å². The summed E-state index contributed by atoms with van der Waals surface area (Å²) in [6, 6.07) is 3.75. The minimum atomic E-state index is -0.153. The van der Waals surface area contributed by atoms with Crippen molar-refractivity contribution in [2.24, 2.45) is 0 Å². The summed E-state index contributed by atoms with van der Waals surface area (Å²) in [6.45, 7) is 3.59. The topological polar surface area (TPSA) is 64.4 Å². The molecule has 0 atom stereocenters. The Morgan fingerprint density at radius 3 is 2.77 bits per heavy atom. The summed E-state index contributed by atoms with van der Waals surface area (Å²) in [5.41, 5.74) is 1.25. The van der Waals surface area contributed by atoms with Gasteiger partial charge in [0.1, 0.15) is 10.8 Å². The third kappa shape index (κ3) is 1.46. The van der Waals surface area contributed by atoms with Gasteiger partial charge in [0, 0.05) is 11.9 Å². The number of hydrogen-bond acceptors (Lipinski definition) is 1. The minimum absolute atomic E-state index is 0.153. The maximum atomic E-state index is 11.2. The predicted octanol–water partition coefficient (Wildman–Crippen LogP) is -0.730. The molecule has 0 aliphatic carbocycles. The number of hydrogen-bond donors (Lipinski definition) is 3. The van der Waals surface area contributed by atoms with Gasteiger partial charge < -0.3 is 15.0 Å². The van der Waals surface area contributed by atoms with Crippen molar-refractivity contribution < 1.29 is 0 Å². The van der Waals surface area contributed by atoms with E-state index in [2.05, 4.69) is 21.5 Å². The van der Waals surface area contributed by atoms with Crippen molar-refractivity contribution in [3.8, 4) is 0 Å². The van der Waals surface area contributed by atoms with Crippen LogP contribution < -0.4 is 16.4 Å². The quantitative estimate of drug-likeness (QED) is 0.525. The first-order valence-corrected chi connectivity index (χ1v) is 3.88.